The summed E-state index contributed by atoms with van der Waals surface area (Å²) < 4.78 is 0. The largest absolute Gasteiger partial charge is 0.381 e. The normalized spacial score (nSPS) is 10.4. The van der Waals surface area contributed by atoms with E-state index in [1.807, 2.05) is 6.92 Å². The Morgan fingerprint density at radius 3 is 2.45 bits per heavy atom. The number of thioether (sulfide) groups is 1. The van der Waals surface area contributed by atoms with E-state index in [0.717, 1.165) is 0 Å². The van der Waals surface area contributed by atoms with Crippen LogP contribution >= 0.6 is 11.8 Å². The topological polar surface area (TPSA) is 46.2 Å². The minimum Gasteiger partial charge on any atom is -0.381 e. The predicted octanol–water partition coefficient (Wildman–Crippen LogP) is 0.436. The number of rotatable bonds is 3. The smallest absolute Gasteiger partial charge is 0.251 e. The molecule has 0 aromatic heterocycles. The number of anilines is 1. The highest BCUT2D eigenvalue weighted by molar-refractivity contribution is 7.98. The molecule has 0 bridgehead atoms. The Morgan fingerprint density at radius 1 is 1.36 bits per heavy atom. The molecule has 1 aromatic rings. The molecule has 0 aliphatic heterocycles. The van der Waals surface area contributed by atoms with Gasteiger partial charge in [-0.2, -0.15) is 0 Å². The maximum atomic E-state index is 10.8. The summed E-state index contributed by atoms with van der Waals surface area (Å²) in [4.78, 5) is 22.2. The van der Waals surface area contributed by atoms with Crippen LogP contribution in [0.1, 0.15) is 6.92 Å². The fourth-order valence-corrected chi connectivity index (χ4v) is 1.55. The van der Waals surface area contributed by atoms with Crippen molar-refractivity contribution in [2.24, 2.45) is 0 Å². The summed E-state index contributed by atoms with van der Waals surface area (Å²) in [7, 11) is 0. The van der Waals surface area contributed by atoms with E-state index in [-0.39, 0.29) is 10.9 Å². The average molecular weight is 171 g/mol. The van der Waals surface area contributed by atoms with Gasteiger partial charge in [-0.25, -0.2) is 0 Å². The molecule has 0 saturated heterocycles. The van der Waals surface area contributed by atoms with Gasteiger partial charge in [-0.15, -0.1) is 11.8 Å². The van der Waals surface area contributed by atoms with Crippen LogP contribution < -0.4 is 16.2 Å². The third kappa shape index (κ3) is 1.18. The quantitative estimate of drug-likeness (QED) is 0.529. The number of hydrogen-bond acceptors (Lipinski definition) is 4. The van der Waals surface area contributed by atoms with Gasteiger partial charge in [-0.3, -0.25) is 9.59 Å². The molecule has 0 heterocycles. The molecule has 0 spiro atoms. The zero-order valence-electron chi connectivity index (χ0n) is 6.43. The Labute approximate surface area is 68.5 Å². The Balaban J connectivity index is 2.98. The van der Waals surface area contributed by atoms with E-state index >= 15 is 0 Å². The molecule has 1 N–H and O–H groups in total. The summed E-state index contributed by atoms with van der Waals surface area (Å²) in [5, 5.41) is 2.85. The van der Waals surface area contributed by atoms with Crippen LogP contribution in [0, 0.1) is 0 Å². The molecular weight excluding hydrogens is 162 g/mol. The molecule has 0 saturated carbocycles. The SMILES string of the molecule is CCNc1c(SC)c(=O)c1=O. The third-order valence-corrected chi connectivity index (χ3v) is 2.22. The van der Waals surface area contributed by atoms with E-state index in [4.69, 9.17) is 0 Å². The molecule has 60 valence electrons. The molecule has 4 heteroatoms. The second-order valence-corrected chi connectivity index (χ2v) is 2.91. The van der Waals surface area contributed by atoms with Gasteiger partial charge < -0.3 is 5.32 Å². The Hall–Kier alpha value is -0.770. The van der Waals surface area contributed by atoms with E-state index < -0.39 is 0 Å². The molecule has 11 heavy (non-hydrogen) atoms. The van der Waals surface area contributed by atoms with Gasteiger partial charge in [0.2, 0.25) is 5.43 Å². The summed E-state index contributed by atoms with van der Waals surface area (Å²) in [6, 6.07) is 0. The second-order valence-electron chi connectivity index (χ2n) is 2.10. The summed E-state index contributed by atoms with van der Waals surface area (Å²) >= 11 is 1.32. The molecule has 0 amide bonds. The van der Waals surface area contributed by atoms with Crippen molar-refractivity contribution < 1.29 is 0 Å². The Kier molecular flexibility index (Phi) is 2.34. The van der Waals surface area contributed by atoms with Gasteiger partial charge in [-0.1, -0.05) is 0 Å². The van der Waals surface area contributed by atoms with E-state index in [0.29, 0.717) is 17.1 Å². The highest BCUT2D eigenvalue weighted by atomic mass is 32.2. The van der Waals surface area contributed by atoms with Crippen LogP contribution in [0.3, 0.4) is 0 Å². The van der Waals surface area contributed by atoms with Crippen LogP contribution in [-0.4, -0.2) is 12.8 Å². The summed E-state index contributed by atoms with van der Waals surface area (Å²) in [5.41, 5.74) is -0.241. The lowest BCUT2D eigenvalue weighted by molar-refractivity contribution is 1.12. The van der Waals surface area contributed by atoms with Crippen molar-refractivity contribution in [3.63, 3.8) is 0 Å². The van der Waals surface area contributed by atoms with Crippen molar-refractivity contribution >= 4 is 17.4 Å². The van der Waals surface area contributed by atoms with Gasteiger partial charge in [0.15, 0.2) is 0 Å². The zero-order valence-corrected chi connectivity index (χ0v) is 7.25. The van der Waals surface area contributed by atoms with Crippen LogP contribution in [0.25, 0.3) is 0 Å². The van der Waals surface area contributed by atoms with Crippen LogP contribution in [0.15, 0.2) is 14.5 Å². The van der Waals surface area contributed by atoms with Crippen LogP contribution in [0.4, 0.5) is 5.69 Å². The summed E-state index contributed by atoms with van der Waals surface area (Å²) in [6.45, 7) is 2.57. The van der Waals surface area contributed by atoms with Gasteiger partial charge in [0, 0.05) is 6.54 Å². The molecule has 0 atom stereocenters. The highest BCUT2D eigenvalue weighted by Gasteiger charge is 2.18. The van der Waals surface area contributed by atoms with Crippen molar-refractivity contribution in [3.05, 3.63) is 20.4 Å². The maximum Gasteiger partial charge on any atom is 0.251 e. The van der Waals surface area contributed by atoms with E-state index in [2.05, 4.69) is 5.32 Å². The van der Waals surface area contributed by atoms with Crippen LogP contribution in [0.2, 0.25) is 0 Å². The first-order valence-electron chi connectivity index (χ1n) is 3.33. The van der Waals surface area contributed by atoms with Crippen molar-refractivity contribution in [1.29, 1.82) is 0 Å². The lowest BCUT2D eigenvalue weighted by Gasteiger charge is -2.08. The molecule has 0 unspecified atom stereocenters. The first kappa shape index (κ1) is 8.33. The monoisotopic (exact) mass is 171 g/mol. The minimum atomic E-state index is -0.379. The minimum absolute atomic E-state index is 0.353. The molecule has 1 rings (SSSR count). The molecule has 0 radical (unpaired) electrons. The van der Waals surface area contributed by atoms with Gasteiger partial charge in [0.25, 0.3) is 5.43 Å². The molecule has 3 nitrogen and oxygen atoms in total. The lowest BCUT2D eigenvalue weighted by atomic mass is 10.2. The number of hydrogen-bond donors (Lipinski definition) is 1. The Morgan fingerprint density at radius 2 is 2.00 bits per heavy atom. The third-order valence-electron chi connectivity index (χ3n) is 1.42. The second kappa shape index (κ2) is 3.09. The standard InChI is InChI=1S/C7H9NO2S/c1-3-8-4-5(9)6(10)7(4)11-2/h8H,3H2,1-2H3. The zero-order chi connectivity index (χ0) is 8.43. The first-order chi connectivity index (χ1) is 5.22. The van der Waals surface area contributed by atoms with Gasteiger partial charge >= 0.3 is 0 Å². The summed E-state index contributed by atoms with van der Waals surface area (Å²) in [5.74, 6) is 0. The molecule has 0 aliphatic rings. The highest BCUT2D eigenvalue weighted by Crippen LogP contribution is 2.18. The average Bonchev–Trinajstić information content (AvgIpc) is 2.04. The van der Waals surface area contributed by atoms with Crippen molar-refractivity contribution in [2.45, 2.75) is 11.8 Å². The van der Waals surface area contributed by atoms with Gasteiger partial charge in [0.1, 0.15) is 5.69 Å². The number of nitrogens with one attached hydrogen (secondary N) is 1. The van der Waals surface area contributed by atoms with Crippen LogP contribution in [0.5, 0.6) is 0 Å². The lowest BCUT2D eigenvalue weighted by Crippen LogP contribution is -2.35. The van der Waals surface area contributed by atoms with Crippen LogP contribution in [-0.2, 0) is 0 Å². The molecule has 0 aliphatic carbocycles. The summed E-state index contributed by atoms with van der Waals surface area (Å²) in [6.07, 6.45) is 1.79. The van der Waals surface area contributed by atoms with Gasteiger partial charge in [0.05, 0.1) is 4.90 Å². The van der Waals surface area contributed by atoms with E-state index in [9.17, 15) is 9.59 Å². The molecule has 1 aromatic carbocycles. The van der Waals surface area contributed by atoms with E-state index in [1.54, 1.807) is 6.26 Å². The van der Waals surface area contributed by atoms with Crippen molar-refractivity contribution in [3.8, 4) is 0 Å². The maximum absolute atomic E-state index is 10.8. The fraction of sp³-hybridized carbons (Fsp3) is 0.429. The van der Waals surface area contributed by atoms with E-state index in [1.165, 1.54) is 11.8 Å². The van der Waals surface area contributed by atoms with Crippen molar-refractivity contribution in [1.82, 2.24) is 0 Å². The first-order valence-corrected chi connectivity index (χ1v) is 4.56. The fourth-order valence-electron chi connectivity index (χ4n) is 0.903. The van der Waals surface area contributed by atoms with Gasteiger partial charge in [-0.05, 0) is 13.2 Å². The molecule has 0 fully saturated rings. The van der Waals surface area contributed by atoms with Crippen molar-refractivity contribution in [2.75, 3.05) is 18.1 Å². The molecular formula is C7H9NO2S. The Bertz CT molecular complexity index is 325. The predicted molar refractivity (Wildman–Crippen MR) is 47.3 cm³/mol.